The number of fused-ring (bicyclic) bond motifs is 1. The molecule has 9 nitrogen and oxygen atoms in total. The van der Waals surface area contributed by atoms with Gasteiger partial charge in [0.1, 0.15) is 11.6 Å². The van der Waals surface area contributed by atoms with Crippen molar-refractivity contribution in [2.45, 2.75) is 6.92 Å². The second-order valence-electron chi connectivity index (χ2n) is 7.09. The Morgan fingerprint density at radius 1 is 1.06 bits per heavy atom. The number of ether oxygens (including phenoxy) is 1. The number of benzene rings is 2. The van der Waals surface area contributed by atoms with Gasteiger partial charge < -0.3 is 21.1 Å². The van der Waals surface area contributed by atoms with E-state index in [-0.39, 0.29) is 12.5 Å². The maximum absolute atomic E-state index is 11.9. The van der Waals surface area contributed by atoms with Gasteiger partial charge in [-0.1, -0.05) is 12.1 Å². The number of hydrogen-bond acceptors (Lipinski definition) is 7. The van der Waals surface area contributed by atoms with E-state index in [1.807, 2.05) is 13.0 Å². The molecule has 2 aromatic carbocycles. The van der Waals surface area contributed by atoms with Gasteiger partial charge in [-0.2, -0.15) is 0 Å². The van der Waals surface area contributed by atoms with E-state index in [0.717, 1.165) is 5.56 Å². The number of aromatic nitrogens is 3. The largest absolute Gasteiger partial charge is 0.484 e. The number of rotatable bonds is 8. The number of amides is 2. The van der Waals surface area contributed by atoms with Gasteiger partial charge in [-0.3, -0.25) is 14.6 Å². The molecule has 2 amide bonds. The quantitative estimate of drug-likeness (QED) is 0.382. The molecule has 9 heteroatoms. The molecule has 0 bridgehead atoms. The number of nitrogens with one attached hydrogen (secondary N) is 2. The highest BCUT2D eigenvalue weighted by atomic mass is 16.5. The molecule has 0 radical (unpaired) electrons. The summed E-state index contributed by atoms with van der Waals surface area (Å²) in [4.78, 5) is 37.2. The lowest BCUT2D eigenvalue weighted by molar-refractivity contribution is -0.122. The van der Waals surface area contributed by atoms with E-state index in [0.29, 0.717) is 46.1 Å². The summed E-state index contributed by atoms with van der Waals surface area (Å²) in [5.74, 6) is 0.629. The molecule has 0 aliphatic heterocycles. The van der Waals surface area contributed by atoms with E-state index in [9.17, 15) is 9.59 Å². The fraction of sp³-hybridized carbons (Fsp3) is 0.125. The average Bonchev–Trinajstić information content (AvgIpc) is 2.83. The van der Waals surface area contributed by atoms with Crippen molar-refractivity contribution in [3.8, 4) is 17.1 Å². The van der Waals surface area contributed by atoms with Gasteiger partial charge >= 0.3 is 0 Å². The van der Waals surface area contributed by atoms with E-state index in [2.05, 4.69) is 25.6 Å². The summed E-state index contributed by atoms with van der Waals surface area (Å²) in [6.45, 7) is 2.26. The SMILES string of the molecule is CCNC(=O)COc1ccc2nc(-c3cccnc3)nc(Nc3ccccc3C(N)=O)c2c1. The van der Waals surface area contributed by atoms with Crippen LogP contribution in [0.2, 0.25) is 0 Å². The van der Waals surface area contributed by atoms with Crippen LogP contribution < -0.4 is 21.1 Å². The Kier molecular flexibility index (Phi) is 6.40. The highest BCUT2D eigenvalue weighted by Gasteiger charge is 2.14. The average molecular weight is 442 g/mol. The fourth-order valence-electron chi connectivity index (χ4n) is 3.25. The van der Waals surface area contributed by atoms with Crippen molar-refractivity contribution in [3.63, 3.8) is 0 Å². The first-order valence-electron chi connectivity index (χ1n) is 10.3. The topological polar surface area (TPSA) is 132 Å². The van der Waals surface area contributed by atoms with Crippen molar-refractivity contribution < 1.29 is 14.3 Å². The van der Waals surface area contributed by atoms with Crippen LogP contribution in [-0.4, -0.2) is 39.9 Å². The van der Waals surface area contributed by atoms with E-state index in [4.69, 9.17) is 10.5 Å². The fourth-order valence-corrected chi connectivity index (χ4v) is 3.25. The molecule has 4 rings (SSSR count). The van der Waals surface area contributed by atoms with Gasteiger partial charge in [0.05, 0.1) is 16.8 Å². The van der Waals surface area contributed by atoms with Gasteiger partial charge in [-0.15, -0.1) is 0 Å². The Bertz CT molecular complexity index is 1310. The van der Waals surface area contributed by atoms with Gasteiger partial charge in [0.15, 0.2) is 12.4 Å². The lowest BCUT2D eigenvalue weighted by atomic mass is 10.1. The van der Waals surface area contributed by atoms with Crippen LogP contribution in [0.4, 0.5) is 11.5 Å². The maximum Gasteiger partial charge on any atom is 0.257 e. The number of nitrogens with two attached hydrogens (primary N) is 1. The molecule has 0 spiro atoms. The molecule has 0 unspecified atom stereocenters. The lowest BCUT2D eigenvalue weighted by Crippen LogP contribution is -2.28. The summed E-state index contributed by atoms with van der Waals surface area (Å²) in [6.07, 6.45) is 3.34. The number of carbonyl (C=O) groups excluding carboxylic acids is 2. The van der Waals surface area contributed by atoms with Crippen LogP contribution in [0.3, 0.4) is 0 Å². The van der Waals surface area contributed by atoms with Gasteiger partial charge in [-0.05, 0) is 49.4 Å². The molecule has 0 aliphatic carbocycles. The Balaban J connectivity index is 1.79. The number of primary amides is 1. The number of para-hydroxylation sites is 1. The Morgan fingerprint density at radius 3 is 2.67 bits per heavy atom. The zero-order valence-corrected chi connectivity index (χ0v) is 17.9. The number of pyridine rings is 1. The smallest absolute Gasteiger partial charge is 0.257 e. The minimum Gasteiger partial charge on any atom is -0.484 e. The number of likely N-dealkylation sites (N-methyl/N-ethyl adjacent to an activating group) is 1. The van der Waals surface area contributed by atoms with Crippen LogP contribution in [0.1, 0.15) is 17.3 Å². The van der Waals surface area contributed by atoms with Crippen LogP contribution in [0.5, 0.6) is 5.75 Å². The predicted octanol–water partition coefficient (Wildman–Crippen LogP) is 3.05. The minimum atomic E-state index is -0.560. The minimum absolute atomic E-state index is 0.110. The van der Waals surface area contributed by atoms with Crippen LogP contribution in [0.15, 0.2) is 67.0 Å². The highest BCUT2D eigenvalue weighted by Crippen LogP contribution is 2.31. The van der Waals surface area contributed by atoms with Gasteiger partial charge in [0, 0.05) is 29.9 Å². The molecular formula is C24H22N6O3. The Hall–Kier alpha value is -4.53. The standard InChI is InChI=1S/C24H22N6O3/c1-2-27-21(31)14-33-16-9-10-20-18(12-16)24(29-19-8-4-3-7-17(19)22(25)32)30-23(28-20)15-6-5-11-26-13-15/h3-13H,2,14H2,1H3,(H2,25,32)(H,27,31)(H,28,29,30). The summed E-state index contributed by atoms with van der Waals surface area (Å²) < 4.78 is 5.63. The van der Waals surface area contributed by atoms with E-state index >= 15 is 0 Å². The lowest BCUT2D eigenvalue weighted by Gasteiger charge is -2.14. The third-order valence-electron chi connectivity index (χ3n) is 4.78. The van der Waals surface area contributed by atoms with Crippen molar-refractivity contribution in [1.29, 1.82) is 0 Å². The normalized spacial score (nSPS) is 10.6. The number of carbonyl (C=O) groups is 2. The summed E-state index contributed by atoms with van der Waals surface area (Å²) in [7, 11) is 0. The second kappa shape index (κ2) is 9.73. The van der Waals surface area contributed by atoms with Gasteiger partial charge in [0.2, 0.25) is 0 Å². The highest BCUT2D eigenvalue weighted by molar-refractivity contribution is 6.01. The summed E-state index contributed by atoms with van der Waals surface area (Å²) >= 11 is 0. The first kappa shape index (κ1) is 21.7. The van der Waals surface area contributed by atoms with Crippen molar-refractivity contribution in [3.05, 3.63) is 72.6 Å². The molecule has 0 saturated heterocycles. The van der Waals surface area contributed by atoms with Crippen LogP contribution in [0, 0.1) is 0 Å². The first-order valence-corrected chi connectivity index (χ1v) is 10.3. The van der Waals surface area contributed by atoms with Crippen LogP contribution in [0.25, 0.3) is 22.3 Å². The van der Waals surface area contributed by atoms with E-state index in [1.54, 1.807) is 60.9 Å². The zero-order valence-electron chi connectivity index (χ0n) is 17.9. The second-order valence-corrected chi connectivity index (χ2v) is 7.09. The monoisotopic (exact) mass is 442 g/mol. The molecular weight excluding hydrogens is 420 g/mol. The molecule has 0 atom stereocenters. The van der Waals surface area contributed by atoms with Crippen LogP contribution in [-0.2, 0) is 4.79 Å². The third kappa shape index (κ3) is 5.04. The molecule has 4 aromatic rings. The van der Waals surface area contributed by atoms with Gasteiger partial charge in [-0.25, -0.2) is 9.97 Å². The Morgan fingerprint density at radius 2 is 1.91 bits per heavy atom. The molecule has 33 heavy (non-hydrogen) atoms. The molecule has 0 fully saturated rings. The number of hydrogen-bond donors (Lipinski definition) is 3. The summed E-state index contributed by atoms with van der Waals surface area (Å²) in [5.41, 5.74) is 7.76. The van der Waals surface area contributed by atoms with Crippen molar-refractivity contribution in [2.75, 3.05) is 18.5 Å². The third-order valence-corrected chi connectivity index (χ3v) is 4.78. The summed E-state index contributed by atoms with van der Waals surface area (Å²) in [5, 5.41) is 6.55. The Labute approximate surface area is 190 Å². The molecule has 2 heterocycles. The molecule has 0 aliphatic rings. The van der Waals surface area contributed by atoms with E-state index < -0.39 is 5.91 Å². The number of nitrogens with zero attached hydrogens (tertiary/aromatic N) is 3. The molecule has 4 N–H and O–H groups in total. The summed E-state index contributed by atoms with van der Waals surface area (Å²) in [6, 6.07) is 15.8. The van der Waals surface area contributed by atoms with E-state index in [1.165, 1.54) is 0 Å². The molecule has 0 saturated carbocycles. The van der Waals surface area contributed by atoms with Crippen molar-refractivity contribution in [1.82, 2.24) is 20.3 Å². The van der Waals surface area contributed by atoms with Gasteiger partial charge in [0.25, 0.3) is 11.8 Å². The zero-order chi connectivity index (χ0) is 23.2. The molecule has 2 aromatic heterocycles. The molecule has 166 valence electrons. The first-order chi connectivity index (χ1) is 16.0. The predicted molar refractivity (Wildman–Crippen MR) is 125 cm³/mol. The maximum atomic E-state index is 11.9. The van der Waals surface area contributed by atoms with Crippen molar-refractivity contribution in [2.24, 2.45) is 5.73 Å². The van der Waals surface area contributed by atoms with Crippen LogP contribution >= 0.6 is 0 Å². The number of anilines is 2. The van der Waals surface area contributed by atoms with Crippen molar-refractivity contribution >= 4 is 34.2 Å².